The number of hydrogen-bond donors (Lipinski definition) is 1. The topological polar surface area (TPSA) is 46.0 Å². The highest BCUT2D eigenvalue weighted by Gasteiger charge is 2.12. The van der Waals surface area contributed by atoms with Crippen LogP contribution in [0.5, 0.6) is 5.75 Å². The summed E-state index contributed by atoms with van der Waals surface area (Å²) in [5.41, 5.74) is 2.87. The Morgan fingerprint density at radius 2 is 1.65 bits per heavy atom. The van der Waals surface area contributed by atoms with E-state index >= 15 is 0 Å². The van der Waals surface area contributed by atoms with Gasteiger partial charge in [-0.25, -0.2) is 9.97 Å². The van der Waals surface area contributed by atoms with E-state index in [2.05, 4.69) is 48.5 Å². The van der Waals surface area contributed by atoms with Crippen LogP contribution in [0.3, 0.4) is 0 Å². The lowest BCUT2D eigenvalue weighted by Crippen LogP contribution is -1.90. The lowest BCUT2D eigenvalue weighted by molar-refractivity contribution is 0.477. The highest BCUT2D eigenvalue weighted by Crippen LogP contribution is 2.34. The zero-order valence-electron chi connectivity index (χ0n) is 8.48. The summed E-state index contributed by atoms with van der Waals surface area (Å²) in [6.07, 6.45) is 0. The minimum atomic E-state index is 0.138. The van der Waals surface area contributed by atoms with E-state index in [4.69, 9.17) is 0 Å². The lowest BCUT2D eigenvalue weighted by Gasteiger charge is -2.06. The molecule has 0 aliphatic rings. The van der Waals surface area contributed by atoms with Gasteiger partial charge in [0.05, 0.1) is 15.5 Å². The van der Waals surface area contributed by atoms with Crippen molar-refractivity contribution in [2.24, 2.45) is 0 Å². The maximum absolute atomic E-state index is 9.99. The molecule has 3 rings (SSSR count). The van der Waals surface area contributed by atoms with E-state index < -0.39 is 0 Å². The first-order valence-corrected chi connectivity index (χ1v) is 6.77. The van der Waals surface area contributed by atoms with Gasteiger partial charge in [0.25, 0.3) is 0 Å². The molecule has 3 nitrogen and oxygen atoms in total. The SMILES string of the molecule is Oc1c(Br)cc(I)c2nc3ccccc3nc12. The maximum atomic E-state index is 9.99. The van der Waals surface area contributed by atoms with E-state index in [1.54, 1.807) is 0 Å². The van der Waals surface area contributed by atoms with Gasteiger partial charge in [-0.2, -0.15) is 0 Å². The number of phenols is 1. The van der Waals surface area contributed by atoms with Gasteiger partial charge in [-0.1, -0.05) is 12.1 Å². The summed E-state index contributed by atoms with van der Waals surface area (Å²) in [7, 11) is 0. The van der Waals surface area contributed by atoms with Crippen LogP contribution in [0.1, 0.15) is 0 Å². The highest BCUT2D eigenvalue weighted by molar-refractivity contribution is 14.1. The average Bonchev–Trinajstić information content (AvgIpc) is 2.34. The number of hydrogen-bond acceptors (Lipinski definition) is 3. The van der Waals surface area contributed by atoms with E-state index in [-0.39, 0.29) is 5.75 Å². The van der Waals surface area contributed by atoms with Crippen molar-refractivity contribution in [3.05, 3.63) is 38.4 Å². The van der Waals surface area contributed by atoms with Crippen LogP contribution < -0.4 is 0 Å². The Bertz CT molecular complexity index is 745. The second kappa shape index (κ2) is 4.06. The first kappa shape index (κ1) is 11.2. The molecule has 0 unspecified atom stereocenters. The standard InChI is InChI=1S/C12H6BrIN2O/c13-6-5-7(14)10-11(12(6)17)16-9-4-2-1-3-8(9)15-10/h1-5,17H. The second-order valence-electron chi connectivity index (χ2n) is 3.60. The molecule has 0 aliphatic heterocycles. The molecule has 0 spiro atoms. The molecular weight excluding hydrogens is 395 g/mol. The number of benzene rings is 2. The van der Waals surface area contributed by atoms with E-state index in [1.807, 2.05) is 30.3 Å². The van der Waals surface area contributed by atoms with Gasteiger partial charge < -0.3 is 5.11 Å². The Hall–Kier alpha value is -0.950. The minimum Gasteiger partial charge on any atom is -0.504 e. The van der Waals surface area contributed by atoms with Crippen LogP contribution in [0.25, 0.3) is 22.1 Å². The van der Waals surface area contributed by atoms with Gasteiger partial charge in [0.15, 0.2) is 5.75 Å². The third-order valence-corrected chi connectivity index (χ3v) is 3.93. The van der Waals surface area contributed by atoms with E-state index in [0.29, 0.717) is 9.99 Å². The van der Waals surface area contributed by atoms with Gasteiger partial charge in [0, 0.05) is 3.57 Å². The fourth-order valence-corrected chi connectivity index (χ4v) is 3.22. The number of halogens is 2. The van der Waals surface area contributed by atoms with E-state index in [9.17, 15) is 5.11 Å². The summed E-state index contributed by atoms with van der Waals surface area (Å²) in [6, 6.07) is 9.46. The third kappa shape index (κ3) is 1.77. The summed E-state index contributed by atoms with van der Waals surface area (Å²) < 4.78 is 1.60. The highest BCUT2D eigenvalue weighted by atomic mass is 127. The number of nitrogens with zero attached hydrogens (tertiary/aromatic N) is 2. The molecule has 0 amide bonds. The monoisotopic (exact) mass is 400 g/mol. The number of aromatic nitrogens is 2. The van der Waals surface area contributed by atoms with E-state index in [1.165, 1.54) is 0 Å². The fourth-order valence-electron chi connectivity index (χ4n) is 1.69. The lowest BCUT2D eigenvalue weighted by atomic mass is 10.2. The van der Waals surface area contributed by atoms with Crippen molar-refractivity contribution in [3.63, 3.8) is 0 Å². The molecule has 1 heterocycles. The molecular formula is C12H6BrIN2O. The van der Waals surface area contributed by atoms with Gasteiger partial charge in [-0.05, 0) is 56.7 Å². The molecule has 0 radical (unpaired) electrons. The van der Waals surface area contributed by atoms with Crippen molar-refractivity contribution >= 4 is 60.6 Å². The molecule has 17 heavy (non-hydrogen) atoms. The molecule has 1 aromatic heterocycles. The smallest absolute Gasteiger partial charge is 0.157 e. The molecule has 0 aliphatic carbocycles. The average molecular weight is 401 g/mol. The van der Waals surface area contributed by atoms with Crippen LogP contribution in [-0.4, -0.2) is 15.1 Å². The Morgan fingerprint density at radius 3 is 2.29 bits per heavy atom. The zero-order chi connectivity index (χ0) is 12.0. The molecule has 0 saturated carbocycles. The number of para-hydroxylation sites is 2. The van der Waals surface area contributed by atoms with Crippen molar-refractivity contribution in [3.8, 4) is 5.75 Å². The minimum absolute atomic E-state index is 0.138. The van der Waals surface area contributed by atoms with Crippen LogP contribution in [0, 0.1) is 3.57 Å². The first-order chi connectivity index (χ1) is 8.16. The van der Waals surface area contributed by atoms with Gasteiger partial charge >= 0.3 is 0 Å². The predicted octanol–water partition coefficient (Wildman–Crippen LogP) is 3.86. The van der Waals surface area contributed by atoms with Crippen LogP contribution in [-0.2, 0) is 0 Å². The van der Waals surface area contributed by atoms with Gasteiger partial charge in [-0.15, -0.1) is 0 Å². The number of rotatable bonds is 0. The summed E-state index contributed by atoms with van der Waals surface area (Å²) in [6.45, 7) is 0. The van der Waals surface area contributed by atoms with E-state index in [0.717, 1.165) is 20.1 Å². The van der Waals surface area contributed by atoms with Crippen molar-refractivity contribution in [2.75, 3.05) is 0 Å². The van der Waals surface area contributed by atoms with Crippen molar-refractivity contribution in [2.45, 2.75) is 0 Å². The van der Waals surface area contributed by atoms with Crippen molar-refractivity contribution < 1.29 is 5.11 Å². The van der Waals surface area contributed by atoms with Crippen molar-refractivity contribution in [1.29, 1.82) is 0 Å². The Kier molecular flexibility index (Phi) is 2.67. The summed E-state index contributed by atoms with van der Waals surface area (Å²) in [4.78, 5) is 8.98. The molecule has 1 N–H and O–H groups in total. The number of aromatic hydroxyl groups is 1. The molecule has 5 heteroatoms. The molecule has 3 aromatic rings. The molecule has 2 aromatic carbocycles. The van der Waals surface area contributed by atoms with Gasteiger partial charge in [0.1, 0.15) is 11.0 Å². The largest absolute Gasteiger partial charge is 0.504 e. The van der Waals surface area contributed by atoms with Crippen molar-refractivity contribution in [1.82, 2.24) is 9.97 Å². The third-order valence-electron chi connectivity index (χ3n) is 2.50. The van der Waals surface area contributed by atoms with Crippen LogP contribution in [0.15, 0.2) is 34.8 Å². The Labute approximate surface area is 119 Å². The van der Waals surface area contributed by atoms with Gasteiger partial charge in [0.2, 0.25) is 0 Å². The number of fused-ring (bicyclic) bond motifs is 2. The molecule has 0 fully saturated rings. The zero-order valence-corrected chi connectivity index (χ0v) is 12.2. The predicted molar refractivity (Wildman–Crippen MR) is 79.1 cm³/mol. The molecule has 0 saturated heterocycles. The normalized spacial score (nSPS) is 11.2. The maximum Gasteiger partial charge on any atom is 0.157 e. The number of phenolic OH excluding ortho intramolecular Hbond substituents is 1. The summed E-state index contributed by atoms with van der Waals surface area (Å²) in [5, 5.41) is 9.99. The van der Waals surface area contributed by atoms with Crippen LogP contribution in [0.2, 0.25) is 0 Å². The van der Waals surface area contributed by atoms with Crippen LogP contribution >= 0.6 is 38.5 Å². The first-order valence-electron chi connectivity index (χ1n) is 4.90. The molecule has 84 valence electrons. The fraction of sp³-hybridized carbons (Fsp3) is 0. The van der Waals surface area contributed by atoms with Gasteiger partial charge in [-0.3, -0.25) is 0 Å². The summed E-state index contributed by atoms with van der Waals surface area (Å²) in [5.74, 6) is 0.138. The van der Waals surface area contributed by atoms with Crippen LogP contribution in [0.4, 0.5) is 0 Å². The second-order valence-corrected chi connectivity index (χ2v) is 5.61. The Morgan fingerprint density at radius 1 is 1.06 bits per heavy atom. The quantitative estimate of drug-likeness (QED) is 0.460. The summed E-state index contributed by atoms with van der Waals surface area (Å²) >= 11 is 5.50. The Balaban J connectivity index is 2.56. The molecule has 0 atom stereocenters. The molecule has 0 bridgehead atoms.